The van der Waals surface area contributed by atoms with E-state index in [4.69, 9.17) is 16.9 Å². The lowest BCUT2D eigenvalue weighted by Crippen LogP contribution is -1.90. The van der Waals surface area contributed by atoms with Crippen LogP contribution in [0.2, 0.25) is 4.34 Å². The Balaban J connectivity index is 3.42. The van der Waals surface area contributed by atoms with Crippen molar-refractivity contribution in [3.05, 3.63) is 9.90 Å². The van der Waals surface area contributed by atoms with Gasteiger partial charge in [-0.25, -0.2) is 0 Å². The van der Waals surface area contributed by atoms with Crippen LogP contribution in [-0.4, -0.2) is 15.0 Å². The summed E-state index contributed by atoms with van der Waals surface area (Å²) >= 11 is 5.64. The van der Waals surface area contributed by atoms with Crippen molar-refractivity contribution in [1.29, 1.82) is 5.26 Å². The maximum Gasteiger partial charge on any atom is 0.110 e. The van der Waals surface area contributed by atoms with Gasteiger partial charge in [-0.15, -0.1) is 23.1 Å². The maximum absolute atomic E-state index is 10.7. The number of thioether (sulfide) groups is 1. The van der Waals surface area contributed by atoms with Gasteiger partial charge in [-0.2, -0.15) is 5.26 Å². The monoisotopic (exact) mass is 252 g/mol. The Hall–Kier alpha value is -0.0600. The second-order valence-electron chi connectivity index (χ2n) is 1.92. The number of halogens is 1. The quantitative estimate of drug-likeness (QED) is 0.598. The Morgan fingerprint density at radius 3 is 2.77 bits per heavy atom. The number of hydrogen-bond acceptors (Lipinski definition) is 5. The summed E-state index contributed by atoms with van der Waals surface area (Å²) in [5.41, 5.74) is 0.149. The molecule has 1 aromatic heterocycles. The zero-order valence-electron chi connectivity index (χ0n) is 6.37. The molecule has 3 nitrogen and oxygen atoms in total. The summed E-state index contributed by atoms with van der Waals surface area (Å²) < 4.78 is 22.2. The first-order chi connectivity index (χ1) is 6.11. The van der Waals surface area contributed by atoms with Crippen molar-refractivity contribution in [3.8, 4) is 6.07 Å². The van der Waals surface area contributed by atoms with E-state index in [9.17, 15) is 8.76 Å². The summed E-state index contributed by atoms with van der Waals surface area (Å²) in [7, 11) is 0. The lowest BCUT2D eigenvalue weighted by molar-refractivity contribution is 0.537. The van der Waals surface area contributed by atoms with Crippen LogP contribution in [0.3, 0.4) is 0 Å². The van der Waals surface area contributed by atoms with Crippen LogP contribution in [0.25, 0.3) is 0 Å². The molecule has 1 aromatic rings. The van der Waals surface area contributed by atoms with Crippen molar-refractivity contribution in [2.24, 2.45) is 0 Å². The SMILES string of the molecule is CSc1sc(Cl)c(S(=O)[O-])c1C#N. The molecule has 0 bridgehead atoms. The first kappa shape index (κ1) is 11.0. The minimum absolute atomic E-state index is 0.0847. The molecule has 7 heteroatoms. The predicted molar refractivity (Wildman–Crippen MR) is 53.0 cm³/mol. The number of thiophene rings is 1. The molecule has 0 amide bonds. The van der Waals surface area contributed by atoms with Crippen molar-refractivity contribution in [3.63, 3.8) is 0 Å². The van der Waals surface area contributed by atoms with E-state index < -0.39 is 11.1 Å². The van der Waals surface area contributed by atoms with Gasteiger partial charge in [0.1, 0.15) is 10.4 Å². The fourth-order valence-electron chi connectivity index (χ4n) is 0.759. The Morgan fingerprint density at radius 1 is 1.77 bits per heavy atom. The van der Waals surface area contributed by atoms with Gasteiger partial charge in [-0.1, -0.05) is 11.6 Å². The normalized spacial score (nSPS) is 12.5. The summed E-state index contributed by atoms with van der Waals surface area (Å²) in [6, 6.07) is 1.83. The molecule has 0 saturated carbocycles. The van der Waals surface area contributed by atoms with Gasteiger partial charge in [0.25, 0.3) is 0 Å². The van der Waals surface area contributed by atoms with E-state index in [2.05, 4.69) is 0 Å². The van der Waals surface area contributed by atoms with Crippen molar-refractivity contribution < 1.29 is 8.76 Å². The minimum Gasteiger partial charge on any atom is -0.768 e. The van der Waals surface area contributed by atoms with Crippen molar-refractivity contribution in [2.75, 3.05) is 6.26 Å². The first-order valence-corrected chi connectivity index (χ1v) is 6.46. The highest BCUT2D eigenvalue weighted by molar-refractivity contribution is 8.00. The molecule has 0 spiro atoms. The van der Waals surface area contributed by atoms with Gasteiger partial charge in [0, 0.05) is 0 Å². The van der Waals surface area contributed by atoms with Crippen molar-refractivity contribution >= 4 is 45.8 Å². The van der Waals surface area contributed by atoms with Crippen LogP contribution in [0.4, 0.5) is 0 Å². The topological polar surface area (TPSA) is 63.9 Å². The second kappa shape index (κ2) is 4.44. The summed E-state index contributed by atoms with van der Waals surface area (Å²) in [5.74, 6) is 0. The van der Waals surface area contributed by atoms with Crippen LogP contribution in [0.1, 0.15) is 5.56 Å². The van der Waals surface area contributed by atoms with Gasteiger partial charge in [0.2, 0.25) is 0 Å². The third-order valence-electron chi connectivity index (χ3n) is 1.26. The molecule has 1 rings (SSSR count). The molecule has 1 atom stereocenters. The maximum atomic E-state index is 10.7. The van der Waals surface area contributed by atoms with Crippen LogP contribution >= 0.6 is 34.7 Å². The first-order valence-electron chi connectivity index (χ1n) is 2.97. The van der Waals surface area contributed by atoms with Gasteiger partial charge in [-0.3, -0.25) is 4.21 Å². The minimum atomic E-state index is -2.44. The molecular weight excluding hydrogens is 250 g/mol. The Morgan fingerprint density at radius 2 is 2.38 bits per heavy atom. The van der Waals surface area contributed by atoms with Gasteiger partial charge >= 0.3 is 0 Å². The lowest BCUT2D eigenvalue weighted by atomic mass is 10.4. The largest absolute Gasteiger partial charge is 0.768 e. The van der Waals surface area contributed by atoms with Crippen LogP contribution in [0, 0.1) is 11.3 Å². The zero-order chi connectivity index (χ0) is 10.0. The highest BCUT2D eigenvalue weighted by Gasteiger charge is 2.16. The molecule has 0 radical (unpaired) electrons. The summed E-state index contributed by atoms with van der Waals surface area (Å²) in [6.45, 7) is 0. The van der Waals surface area contributed by atoms with E-state index in [1.54, 1.807) is 6.26 Å². The van der Waals surface area contributed by atoms with Crippen LogP contribution in [0.15, 0.2) is 9.10 Å². The molecule has 0 aliphatic carbocycles. The Labute approximate surface area is 91.0 Å². The number of rotatable bonds is 2. The van der Waals surface area contributed by atoms with Crippen LogP contribution in [-0.2, 0) is 11.1 Å². The van der Waals surface area contributed by atoms with E-state index >= 15 is 0 Å². The van der Waals surface area contributed by atoms with E-state index in [0.29, 0.717) is 4.21 Å². The lowest BCUT2D eigenvalue weighted by Gasteiger charge is -2.02. The molecule has 1 heterocycles. The molecule has 0 aliphatic rings. The number of nitrogens with zero attached hydrogens (tertiary/aromatic N) is 1. The predicted octanol–water partition coefficient (Wildman–Crippen LogP) is 2.23. The molecule has 0 N–H and O–H groups in total. The van der Waals surface area contributed by atoms with E-state index in [-0.39, 0.29) is 14.8 Å². The van der Waals surface area contributed by atoms with E-state index in [0.717, 1.165) is 11.3 Å². The smallest absolute Gasteiger partial charge is 0.110 e. The van der Waals surface area contributed by atoms with Crippen LogP contribution < -0.4 is 0 Å². The summed E-state index contributed by atoms with van der Waals surface area (Å²) in [4.78, 5) is -0.0847. The molecule has 0 saturated heterocycles. The molecule has 1 unspecified atom stereocenters. The number of nitriles is 1. The van der Waals surface area contributed by atoms with Crippen molar-refractivity contribution in [2.45, 2.75) is 9.10 Å². The molecular formula is C6H3ClNO2S3-. The second-order valence-corrected chi connectivity index (χ2v) is 5.49. The van der Waals surface area contributed by atoms with Gasteiger partial charge < -0.3 is 4.55 Å². The van der Waals surface area contributed by atoms with Crippen molar-refractivity contribution in [1.82, 2.24) is 0 Å². The highest BCUT2D eigenvalue weighted by Crippen LogP contribution is 2.39. The van der Waals surface area contributed by atoms with E-state index in [1.807, 2.05) is 6.07 Å². The summed E-state index contributed by atoms with van der Waals surface area (Å²) in [6.07, 6.45) is 1.76. The standard InChI is InChI=1S/C6H4ClNO2S3/c1-11-6-3(2-8)4(13(9)10)5(7)12-6/h1H3,(H,9,10)/p-1. The van der Waals surface area contributed by atoms with Crippen LogP contribution in [0.5, 0.6) is 0 Å². The average Bonchev–Trinajstić information content (AvgIpc) is 2.41. The fraction of sp³-hybridized carbons (Fsp3) is 0.167. The third kappa shape index (κ3) is 2.06. The molecule has 0 fully saturated rings. The summed E-state index contributed by atoms with van der Waals surface area (Å²) in [5, 5.41) is 8.70. The zero-order valence-corrected chi connectivity index (χ0v) is 9.57. The van der Waals surface area contributed by atoms with E-state index in [1.165, 1.54) is 11.8 Å². The fourth-order valence-corrected chi connectivity index (χ4v) is 3.86. The molecule has 13 heavy (non-hydrogen) atoms. The molecule has 70 valence electrons. The van der Waals surface area contributed by atoms with Gasteiger partial charge in [0.15, 0.2) is 0 Å². The molecule has 0 aromatic carbocycles. The van der Waals surface area contributed by atoms with Gasteiger partial charge in [-0.05, 0) is 17.3 Å². The highest BCUT2D eigenvalue weighted by atomic mass is 35.5. The molecule has 0 aliphatic heterocycles. The average molecular weight is 253 g/mol. The Bertz CT molecular complexity index is 395. The third-order valence-corrected chi connectivity index (χ3v) is 4.76. The number of hydrogen-bond donors (Lipinski definition) is 0. The Kier molecular flexibility index (Phi) is 3.76. The van der Waals surface area contributed by atoms with Gasteiger partial charge in [0.05, 0.1) is 14.7 Å².